The van der Waals surface area contributed by atoms with Gasteiger partial charge in [-0.05, 0) is 94.1 Å². The van der Waals surface area contributed by atoms with E-state index in [1.807, 2.05) is 42.6 Å². The molecule has 0 aliphatic rings. The van der Waals surface area contributed by atoms with Crippen molar-refractivity contribution in [3.05, 3.63) is 120 Å². The molecule has 4 aromatic carbocycles. The first-order valence-corrected chi connectivity index (χ1v) is 16.1. The predicted molar refractivity (Wildman–Crippen MR) is 193 cm³/mol. The third-order valence-corrected chi connectivity index (χ3v) is 8.83. The van der Waals surface area contributed by atoms with E-state index in [4.69, 9.17) is 14.4 Å². The maximum absolute atomic E-state index is 10.9. The van der Waals surface area contributed by atoms with Crippen LogP contribution in [0.15, 0.2) is 108 Å². The van der Waals surface area contributed by atoms with Crippen molar-refractivity contribution in [3.63, 3.8) is 0 Å². The van der Waals surface area contributed by atoms with Gasteiger partial charge in [0.25, 0.3) is 0 Å². The van der Waals surface area contributed by atoms with Crippen LogP contribution in [0.4, 0.5) is 0 Å². The lowest BCUT2D eigenvalue weighted by Crippen LogP contribution is -2.12. The second-order valence-electron chi connectivity index (χ2n) is 14.5. The van der Waals surface area contributed by atoms with Gasteiger partial charge >= 0.3 is 0 Å². The normalized spacial score (nSPS) is 12.2. The van der Waals surface area contributed by atoms with Crippen molar-refractivity contribution >= 4 is 22.0 Å². The summed E-state index contributed by atoms with van der Waals surface area (Å²) in [6.07, 6.45) is 3.72. The van der Waals surface area contributed by atoms with Gasteiger partial charge in [-0.25, -0.2) is 4.98 Å². The van der Waals surface area contributed by atoms with Crippen molar-refractivity contribution in [2.45, 2.75) is 59.3 Å². The molecule has 0 aliphatic heterocycles. The Morgan fingerprint density at radius 1 is 0.617 bits per heavy atom. The summed E-state index contributed by atoms with van der Waals surface area (Å²) in [7, 11) is 0. The summed E-state index contributed by atoms with van der Waals surface area (Å²) in [6, 6.07) is 30.9. The molecule has 47 heavy (non-hydrogen) atoms. The number of oxazole rings is 1. The van der Waals surface area contributed by atoms with Crippen LogP contribution >= 0.6 is 0 Å². The van der Waals surface area contributed by atoms with Gasteiger partial charge in [-0.3, -0.25) is 9.97 Å². The maximum atomic E-state index is 10.9. The summed E-state index contributed by atoms with van der Waals surface area (Å²) >= 11 is 0. The molecule has 5 nitrogen and oxygen atoms in total. The molecular weight excluding hydrogens is 578 g/mol. The van der Waals surface area contributed by atoms with Crippen LogP contribution in [0.5, 0.6) is 5.75 Å². The first-order valence-electron chi connectivity index (χ1n) is 16.1. The number of fused-ring (bicyclic) bond motifs is 2. The number of aryl methyl sites for hydroxylation is 1. The maximum Gasteiger partial charge on any atom is 0.231 e. The van der Waals surface area contributed by atoms with Crippen molar-refractivity contribution in [3.8, 4) is 50.7 Å². The lowest BCUT2D eigenvalue weighted by Gasteiger charge is -2.21. The number of aromatic hydroxyl groups is 1. The highest BCUT2D eigenvalue weighted by Crippen LogP contribution is 2.41. The Morgan fingerprint density at radius 2 is 1.40 bits per heavy atom. The van der Waals surface area contributed by atoms with Crippen molar-refractivity contribution < 1.29 is 9.52 Å². The van der Waals surface area contributed by atoms with Gasteiger partial charge in [-0.15, -0.1) is 0 Å². The van der Waals surface area contributed by atoms with E-state index < -0.39 is 0 Å². The van der Waals surface area contributed by atoms with Crippen LogP contribution in [-0.2, 0) is 10.8 Å². The van der Waals surface area contributed by atoms with Crippen molar-refractivity contribution in [1.29, 1.82) is 0 Å². The highest BCUT2D eigenvalue weighted by molar-refractivity contribution is 5.99. The van der Waals surface area contributed by atoms with E-state index >= 15 is 0 Å². The molecule has 0 fully saturated rings. The van der Waals surface area contributed by atoms with E-state index in [9.17, 15) is 5.11 Å². The van der Waals surface area contributed by atoms with E-state index in [2.05, 4.69) is 102 Å². The second-order valence-corrected chi connectivity index (χ2v) is 14.5. The van der Waals surface area contributed by atoms with E-state index in [0.29, 0.717) is 17.0 Å². The summed E-state index contributed by atoms with van der Waals surface area (Å²) in [5.74, 6) is 0.510. The fraction of sp³-hybridized carbons (Fsp3) is 0.214. The molecule has 0 atom stereocenters. The topological polar surface area (TPSA) is 72.0 Å². The predicted octanol–water partition coefficient (Wildman–Crippen LogP) is 11.0. The molecule has 0 aliphatic carbocycles. The number of pyridine rings is 2. The molecule has 234 valence electrons. The quantitative estimate of drug-likeness (QED) is 0.213. The van der Waals surface area contributed by atoms with Crippen LogP contribution in [-0.4, -0.2) is 20.1 Å². The molecule has 3 heterocycles. The Bertz CT molecular complexity index is 2290. The zero-order chi connectivity index (χ0) is 33.1. The Morgan fingerprint density at radius 3 is 2.13 bits per heavy atom. The second kappa shape index (κ2) is 11.2. The molecule has 0 amide bonds. The minimum atomic E-state index is -0.103. The summed E-state index contributed by atoms with van der Waals surface area (Å²) < 4.78 is 6.47. The Kier molecular flexibility index (Phi) is 7.24. The van der Waals surface area contributed by atoms with Gasteiger partial charge in [0.2, 0.25) is 5.89 Å². The number of phenols is 1. The highest BCUT2D eigenvalue weighted by Gasteiger charge is 2.22. The van der Waals surface area contributed by atoms with Crippen LogP contribution in [0.25, 0.3) is 67.0 Å². The van der Waals surface area contributed by atoms with Crippen LogP contribution in [0.3, 0.4) is 0 Å². The molecule has 0 radical (unpaired) electrons. The van der Waals surface area contributed by atoms with Gasteiger partial charge in [0.15, 0.2) is 5.58 Å². The Balaban J connectivity index is 1.46. The zero-order valence-electron chi connectivity index (χ0n) is 28.0. The fourth-order valence-corrected chi connectivity index (χ4v) is 6.38. The first-order chi connectivity index (χ1) is 22.4. The van der Waals surface area contributed by atoms with Crippen molar-refractivity contribution in [2.75, 3.05) is 0 Å². The number of benzene rings is 4. The number of para-hydroxylation sites is 1. The lowest BCUT2D eigenvalue weighted by molar-refractivity contribution is 0.473. The largest absolute Gasteiger partial charge is 0.507 e. The van der Waals surface area contributed by atoms with Gasteiger partial charge in [0, 0.05) is 34.5 Å². The molecule has 0 unspecified atom stereocenters. The highest BCUT2D eigenvalue weighted by atomic mass is 16.3. The molecule has 7 aromatic rings. The number of hydrogen-bond acceptors (Lipinski definition) is 5. The van der Waals surface area contributed by atoms with Crippen molar-refractivity contribution in [1.82, 2.24) is 15.0 Å². The number of rotatable bonds is 4. The number of nitrogens with zero attached hydrogens (tertiary/aromatic N) is 3. The van der Waals surface area contributed by atoms with E-state index in [-0.39, 0.29) is 16.6 Å². The van der Waals surface area contributed by atoms with E-state index in [1.165, 1.54) is 10.9 Å². The molecule has 5 heteroatoms. The van der Waals surface area contributed by atoms with Crippen LogP contribution in [0.1, 0.15) is 58.2 Å². The van der Waals surface area contributed by atoms with Gasteiger partial charge in [-0.2, -0.15) is 0 Å². The molecule has 0 bridgehead atoms. The lowest BCUT2D eigenvalue weighted by atomic mass is 9.84. The smallest absolute Gasteiger partial charge is 0.231 e. The van der Waals surface area contributed by atoms with E-state index in [0.717, 1.165) is 55.7 Å². The van der Waals surface area contributed by atoms with Gasteiger partial charge in [-0.1, -0.05) is 84.0 Å². The molecule has 3 aromatic heterocycles. The molecule has 0 saturated heterocycles. The summed E-state index contributed by atoms with van der Waals surface area (Å²) in [6.45, 7) is 15.3. The molecule has 0 saturated carbocycles. The molecule has 7 rings (SSSR count). The average molecular weight is 618 g/mol. The van der Waals surface area contributed by atoms with Crippen LogP contribution in [0, 0.1) is 6.92 Å². The summed E-state index contributed by atoms with van der Waals surface area (Å²) in [5.41, 5.74) is 12.1. The number of aromatic nitrogens is 3. The zero-order valence-corrected chi connectivity index (χ0v) is 28.0. The summed E-state index contributed by atoms with van der Waals surface area (Å²) in [4.78, 5) is 14.6. The third kappa shape index (κ3) is 5.67. The summed E-state index contributed by atoms with van der Waals surface area (Å²) in [5, 5.41) is 12.1. The molecule has 1 N–H and O–H groups in total. The Labute approximate surface area is 276 Å². The van der Waals surface area contributed by atoms with Gasteiger partial charge < -0.3 is 9.52 Å². The minimum Gasteiger partial charge on any atom is -0.507 e. The third-order valence-electron chi connectivity index (χ3n) is 8.83. The van der Waals surface area contributed by atoms with Crippen molar-refractivity contribution in [2.24, 2.45) is 0 Å². The molecular formula is C42H39N3O2. The van der Waals surface area contributed by atoms with Gasteiger partial charge in [0.05, 0.1) is 16.8 Å². The van der Waals surface area contributed by atoms with Gasteiger partial charge in [0.1, 0.15) is 11.3 Å². The fourth-order valence-electron chi connectivity index (χ4n) is 6.38. The standard InChI is InChI=1S/C42H39N3O2/c1-25-19-26(30-11-10-12-31-34(42(5,6)7)16-18-44-38(30)31)21-27(20-25)32-22-28(35-13-8-9-17-43-35)23-37-39(32)45-40(47-37)33-24-29(41(2,3)4)14-15-36(33)46/h8-24,46H,1-7H3. The van der Waals surface area contributed by atoms with Crippen LogP contribution < -0.4 is 0 Å². The van der Waals surface area contributed by atoms with Crippen LogP contribution in [0.2, 0.25) is 0 Å². The minimum absolute atomic E-state index is 0.0133. The number of phenolic OH excluding ortho intramolecular Hbond substituents is 1. The monoisotopic (exact) mass is 617 g/mol. The Hall–Kier alpha value is -5.29. The average Bonchev–Trinajstić information content (AvgIpc) is 3.47. The van der Waals surface area contributed by atoms with E-state index in [1.54, 1.807) is 12.3 Å². The molecule has 0 spiro atoms. The SMILES string of the molecule is Cc1cc(-c2cc(-c3ccccn3)cc3oc(-c4cc(C(C)(C)C)ccc4O)nc23)cc(-c2cccc3c(C(C)(C)C)ccnc23)c1. The number of hydrogen-bond donors (Lipinski definition) is 1. The first kappa shape index (κ1) is 30.4.